The van der Waals surface area contributed by atoms with Gasteiger partial charge in [0.25, 0.3) is 11.6 Å². The van der Waals surface area contributed by atoms with Crippen LogP contribution in [0.4, 0.5) is 16.5 Å². The zero-order chi connectivity index (χ0) is 18.1. The van der Waals surface area contributed by atoms with Crippen LogP contribution in [-0.2, 0) is 0 Å². The molecule has 1 N–H and O–H groups in total. The van der Waals surface area contributed by atoms with Crippen molar-refractivity contribution in [2.24, 2.45) is 0 Å². The number of thiazole rings is 1. The third-order valence-electron chi connectivity index (χ3n) is 4.40. The van der Waals surface area contributed by atoms with Crippen LogP contribution in [0, 0.1) is 10.1 Å². The fraction of sp³-hybridized carbons (Fsp3) is 0.222. The third-order valence-corrected chi connectivity index (χ3v) is 5.35. The first-order valence-corrected chi connectivity index (χ1v) is 9.14. The molecule has 0 spiro atoms. The van der Waals surface area contributed by atoms with Crippen molar-refractivity contribution in [2.75, 3.05) is 23.3 Å². The number of hydrogen-bond acceptors (Lipinski definition) is 6. The van der Waals surface area contributed by atoms with E-state index in [1.165, 1.54) is 17.4 Å². The molecule has 2 aromatic carbocycles. The standard InChI is InChI=1S/C18H16N4O3S/c23-17(20-18-19-13-5-1-2-6-16(13)26-18)12-7-8-14(15(11-12)22(24)25)21-9-3-4-10-21/h1-2,5-8,11H,3-4,9-10H2,(H,19,20,23). The van der Waals surface area contributed by atoms with Gasteiger partial charge in [-0.1, -0.05) is 23.5 Å². The van der Waals surface area contributed by atoms with Crippen molar-refractivity contribution < 1.29 is 9.72 Å². The Morgan fingerprint density at radius 2 is 1.96 bits per heavy atom. The maximum absolute atomic E-state index is 12.5. The Kier molecular flexibility index (Phi) is 4.26. The molecule has 0 unspecified atom stereocenters. The Morgan fingerprint density at radius 1 is 1.19 bits per heavy atom. The Morgan fingerprint density at radius 3 is 2.69 bits per heavy atom. The SMILES string of the molecule is O=C(Nc1nc2ccccc2s1)c1ccc(N2CCCC2)c([N+](=O)[O-])c1. The molecular formula is C18H16N4O3S. The lowest BCUT2D eigenvalue weighted by atomic mass is 10.1. The number of fused-ring (bicyclic) bond motifs is 1. The minimum absolute atomic E-state index is 0.0381. The van der Waals surface area contributed by atoms with Crippen molar-refractivity contribution in [1.29, 1.82) is 0 Å². The quantitative estimate of drug-likeness (QED) is 0.554. The zero-order valence-electron chi connectivity index (χ0n) is 13.8. The van der Waals surface area contributed by atoms with Crippen molar-refractivity contribution in [1.82, 2.24) is 4.98 Å². The normalized spacial score (nSPS) is 13.9. The number of rotatable bonds is 4. The van der Waals surface area contributed by atoms with Crippen LogP contribution in [0.2, 0.25) is 0 Å². The first kappa shape index (κ1) is 16.5. The Labute approximate surface area is 153 Å². The van der Waals surface area contributed by atoms with Crippen LogP contribution in [0.5, 0.6) is 0 Å². The molecule has 26 heavy (non-hydrogen) atoms. The molecule has 1 fully saturated rings. The molecule has 8 heteroatoms. The second-order valence-corrected chi connectivity index (χ2v) is 7.13. The molecule has 4 rings (SSSR count). The molecule has 132 valence electrons. The Balaban J connectivity index is 1.60. The number of para-hydroxylation sites is 1. The molecule has 7 nitrogen and oxygen atoms in total. The van der Waals surface area contributed by atoms with Crippen LogP contribution >= 0.6 is 11.3 Å². The highest BCUT2D eigenvalue weighted by molar-refractivity contribution is 7.22. The molecule has 3 aromatic rings. The Hall–Kier alpha value is -3.00. The highest BCUT2D eigenvalue weighted by Gasteiger charge is 2.24. The van der Waals surface area contributed by atoms with Gasteiger partial charge in [-0.3, -0.25) is 20.2 Å². The monoisotopic (exact) mass is 368 g/mol. The number of nitro groups is 1. The molecule has 1 aliphatic rings. The van der Waals surface area contributed by atoms with Crippen LogP contribution in [-0.4, -0.2) is 28.9 Å². The van der Waals surface area contributed by atoms with E-state index in [2.05, 4.69) is 10.3 Å². The lowest BCUT2D eigenvalue weighted by Crippen LogP contribution is -2.19. The third kappa shape index (κ3) is 3.11. The minimum Gasteiger partial charge on any atom is -0.366 e. The van der Waals surface area contributed by atoms with E-state index in [1.807, 2.05) is 29.2 Å². The summed E-state index contributed by atoms with van der Waals surface area (Å²) in [5.41, 5.74) is 1.59. The number of aromatic nitrogens is 1. The second-order valence-electron chi connectivity index (χ2n) is 6.10. The summed E-state index contributed by atoms with van der Waals surface area (Å²) in [6.07, 6.45) is 2.05. The van der Waals surface area contributed by atoms with Gasteiger partial charge in [-0.25, -0.2) is 4.98 Å². The van der Waals surface area contributed by atoms with E-state index in [4.69, 9.17) is 0 Å². The van der Waals surface area contributed by atoms with E-state index in [0.29, 0.717) is 10.8 Å². The number of nitrogens with one attached hydrogen (secondary N) is 1. The topological polar surface area (TPSA) is 88.4 Å². The summed E-state index contributed by atoms with van der Waals surface area (Å²) in [6.45, 7) is 1.61. The van der Waals surface area contributed by atoms with Crippen LogP contribution in [0.25, 0.3) is 10.2 Å². The highest BCUT2D eigenvalue weighted by Crippen LogP contribution is 2.32. The van der Waals surface area contributed by atoms with Crippen LogP contribution < -0.4 is 10.2 Å². The van der Waals surface area contributed by atoms with Gasteiger partial charge >= 0.3 is 0 Å². The average Bonchev–Trinajstić information content (AvgIpc) is 3.30. The van der Waals surface area contributed by atoms with Crippen molar-refractivity contribution in [3.63, 3.8) is 0 Å². The van der Waals surface area contributed by atoms with Gasteiger partial charge in [0.2, 0.25) is 0 Å². The molecule has 0 saturated carbocycles. The van der Waals surface area contributed by atoms with Gasteiger partial charge in [0, 0.05) is 24.7 Å². The van der Waals surface area contributed by atoms with E-state index in [1.54, 1.807) is 12.1 Å². The van der Waals surface area contributed by atoms with Crippen LogP contribution in [0.3, 0.4) is 0 Å². The summed E-state index contributed by atoms with van der Waals surface area (Å²) in [6, 6.07) is 12.2. The van der Waals surface area contributed by atoms with E-state index in [-0.39, 0.29) is 11.3 Å². The highest BCUT2D eigenvalue weighted by atomic mass is 32.1. The average molecular weight is 368 g/mol. The summed E-state index contributed by atoms with van der Waals surface area (Å²) in [4.78, 5) is 29.9. The van der Waals surface area contributed by atoms with Crippen molar-refractivity contribution in [3.8, 4) is 0 Å². The zero-order valence-corrected chi connectivity index (χ0v) is 14.7. The second kappa shape index (κ2) is 6.72. The van der Waals surface area contributed by atoms with Crippen LogP contribution in [0.1, 0.15) is 23.2 Å². The summed E-state index contributed by atoms with van der Waals surface area (Å²) in [7, 11) is 0. The first-order valence-electron chi connectivity index (χ1n) is 8.32. The molecule has 1 aliphatic heterocycles. The Bertz CT molecular complexity index is 962. The number of carbonyl (C=O) groups is 1. The largest absolute Gasteiger partial charge is 0.366 e. The molecule has 2 heterocycles. The molecule has 0 bridgehead atoms. The number of hydrogen-bond donors (Lipinski definition) is 1. The number of nitro benzene ring substituents is 1. The maximum Gasteiger partial charge on any atom is 0.293 e. The van der Waals surface area contributed by atoms with E-state index in [9.17, 15) is 14.9 Å². The molecule has 1 aromatic heterocycles. The van der Waals surface area contributed by atoms with Gasteiger partial charge in [0.15, 0.2) is 5.13 Å². The van der Waals surface area contributed by atoms with E-state index in [0.717, 1.165) is 36.1 Å². The number of anilines is 2. The number of nitrogens with zero attached hydrogens (tertiary/aromatic N) is 3. The molecule has 0 atom stereocenters. The van der Waals surface area contributed by atoms with Gasteiger partial charge in [-0.2, -0.15) is 0 Å². The van der Waals surface area contributed by atoms with Gasteiger partial charge < -0.3 is 4.90 Å². The number of benzene rings is 2. The molecule has 1 amide bonds. The summed E-state index contributed by atoms with van der Waals surface area (Å²) in [5, 5.41) is 14.7. The van der Waals surface area contributed by atoms with Crippen molar-refractivity contribution >= 4 is 44.0 Å². The molecular weight excluding hydrogens is 352 g/mol. The van der Waals surface area contributed by atoms with Crippen LogP contribution in [0.15, 0.2) is 42.5 Å². The lowest BCUT2D eigenvalue weighted by molar-refractivity contribution is -0.384. The predicted octanol–water partition coefficient (Wildman–Crippen LogP) is 4.06. The van der Waals surface area contributed by atoms with Crippen molar-refractivity contribution in [2.45, 2.75) is 12.8 Å². The minimum atomic E-state index is -0.428. The maximum atomic E-state index is 12.5. The predicted molar refractivity (Wildman–Crippen MR) is 102 cm³/mol. The summed E-state index contributed by atoms with van der Waals surface area (Å²) in [5.74, 6) is -0.403. The fourth-order valence-electron chi connectivity index (χ4n) is 3.13. The van der Waals surface area contributed by atoms with Gasteiger partial charge in [0.05, 0.1) is 15.1 Å². The summed E-state index contributed by atoms with van der Waals surface area (Å²) < 4.78 is 0.971. The molecule has 0 radical (unpaired) electrons. The van der Waals surface area contributed by atoms with Gasteiger partial charge in [-0.05, 0) is 37.1 Å². The molecule has 1 saturated heterocycles. The lowest BCUT2D eigenvalue weighted by Gasteiger charge is -2.17. The van der Waals surface area contributed by atoms with Gasteiger partial charge in [0.1, 0.15) is 5.69 Å². The smallest absolute Gasteiger partial charge is 0.293 e. The number of amides is 1. The molecule has 0 aliphatic carbocycles. The number of carbonyl (C=O) groups excluding carboxylic acids is 1. The van der Waals surface area contributed by atoms with Gasteiger partial charge in [-0.15, -0.1) is 0 Å². The fourth-order valence-corrected chi connectivity index (χ4v) is 3.99. The summed E-state index contributed by atoms with van der Waals surface area (Å²) >= 11 is 1.37. The van der Waals surface area contributed by atoms with E-state index < -0.39 is 10.8 Å². The van der Waals surface area contributed by atoms with E-state index >= 15 is 0 Å². The first-order chi connectivity index (χ1) is 12.6. The van der Waals surface area contributed by atoms with Crippen molar-refractivity contribution in [3.05, 3.63) is 58.1 Å².